The number of hydrogen-bond acceptors (Lipinski definition) is 4. The molecule has 1 amide bonds. The van der Waals surface area contributed by atoms with Gasteiger partial charge in [0.25, 0.3) is 5.91 Å². The fourth-order valence-corrected chi connectivity index (χ4v) is 3.84. The van der Waals surface area contributed by atoms with E-state index in [4.69, 9.17) is 4.74 Å². The van der Waals surface area contributed by atoms with E-state index in [9.17, 15) is 18.7 Å². The van der Waals surface area contributed by atoms with Crippen LogP contribution in [0.1, 0.15) is 21.5 Å². The Balaban J connectivity index is 1.77. The molecule has 29 heavy (non-hydrogen) atoms. The van der Waals surface area contributed by atoms with Gasteiger partial charge < -0.3 is 9.84 Å². The topological polar surface area (TPSA) is 62.1 Å². The van der Waals surface area contributed by atoms with Crippen LogP contribution in [-0.2, 0) is 5.72 Å². The smallest absolute Gasteiger partial charge is 0.261 e. The molecule has 0 fully saturated rings. The average molecular weight is 392 g/mol. The van der Waals surface area contributed by atoms with Gasteiger partial charge in [-0.2, -0.15) is 0 Å². The number of carbonyl (C=O) groups excluding carboxylic acids is 1. The molecule has 0 saturated heterocycles. The Morgan fingerprint density at radius 1 is 1.03 bits per heavy atom. The summed E-state index contributed by atoms with van der Waals surface area (Å²) in [6.07, 6.45) is 1.59. The Hall–Kier alpha value is -3.58. The highest BCUT2D eigenvalue weighted by Crippen LogP contribution is 2.46. The minimum Gasteiger partial charge on any atom is -0.486 e. The molecular weight excluding hydrogens is 378 g/mol. The molecule has 144 valence electrons. The highest BCUT2D eigenvalue weighted by Gasteiger charge is 2.51. The van der Waals surface area contributed by atoms with E-state index in [2.05, 4.69) is 4.99 Å². The molecule has 3 aromatic rings. The summed E-state index contributed by atoms with van der Waals surface area (Å²) in [7, 11) is 0. The third-order valence-electron chi connectivity index (χ3n) is 5.07. The number of rotatable bonds is 2. The van der Waals surface area contributed by atoms with Gasteiger partial charge in [0.15, 0.2) is 5.72 Å². The van der Waals surface area contributed by atoms with Gasteiger partial charge in [-0.15, -0.1) is 0 Å². The largest absolute Gasteiger partial charge is 0.486 e. The van der Waals surface area contributed by atoms with Gasteiger partial charge in [0.05, 0.1) is 5.69 Å². The van der Waals surface area contributed by atoms with Crippen molar-refractivity contribution in [2.75, 3.05) is 11.5 Å². The molecule has 0 spiro atoms. The zero-order valence-electron chi connectivity index (χ0n) is 15.0. The number of nitrogens with zero attached hydrogens (tertiary/aromatic N) is 2. The molecular formula is C22H14F2N2O3. The van der Waals surface area contributed by atoms with E-state index in [-0.39, 0.29) is 11.3 Å². The highest BCUT2D eigenvalue weighted by atomic mass is 19.1. The summed E-state index contributed by atoms with van der Waals surface area (Å²) in [6, 6.07) is 14.1. The van der Waals surface area contributed by atoms with Gasteiger partial charge in [-0.3, -0.25) is 14.7 Å². The predicted molar refractivity (Wildman–Crippen MR) is 103 cm³/mol. The number of amides is 1. The van der Waals surface area contributed by atoms with Crippen molar-refractivity contribution < 1.29 is 23.4 Å². The van der Waals surface area contributed by atoms with E-state index < -0.39 is 23.3 Å². The van der Waals surface area contributed by atoms with Gasteiger partial charge in [0.2, 0.25) is 0 Å². The lowest BCUT2D eigenvalue weighted by Crippen LogP contribution is -2.45. The SMILES string of the molecule is O=C1c2ccccc2C(O)(c2ccc3c(c2)N=CCO3)N1c1cc(F)cc(F)c1. The quantitative estimate of drug-likeness (QED) is 0.719. The van der Waals surface area contributed by atoms with Crippen LogP contribution in [0.3, 0.4) is 0 Å². The van der Waals surface area contributed by atoms with Crippen LogP contribution in [-0.4, -0.2) is 23.8 Å². The van der Waals surface area contributed by atoms with Crippen molar-refractivity contribution in [2.24, 2.45) is 4.99 Å². The number of ether oxygens (including phenoxy) is 1. The van der Waals surface area contributed by atoms with Gasteiger partial charge in [0.1, 0.15) is 29.7 Å². The summed E-state index contributed by atoms with van der Waals surface area (Å²) in [4.78, 5) is 18.4. The van der Waals surface area contributed by atoms with E-state index in [1.807, 2.05) is 0 Å². The van der Waals surface area contributed by atoms with Crippen molar-refractivity contribution in [1.29, 1.82) is 0 Å². The fourth-order valence-electron chi connectivity index (χ4n) is 3.84. The maximum Gasteiger partial charge on any atom is 0.261 e. The normalized spacial score (nSPS) is 19.7. The Kier molecular flexibility index (Phi) is 3.75. The molecule has 1 unspecified atom stereocenters. The van der Waals surface area contributed by atoms with Crippen molar-refractivity contribution in [3.8, 4) is 5.75 Å². The first-order valence-corrected chi connectivity index (χ1v) is 8.91. The van der Waals surface area contributed by atoms with Crippen LogP contribution in [0.2, 0.25) is 0 Å². The summed E-state index contributed by atoms with van der Waals surface area (Å²) in [5, 5.41) is 11.8. The molecule has 3 aromatic carbocycles. The van der Waals surface area contributed by atoms with Crippen LogP contribution in [0.15, 0.2) is 65.7 Å². The number of carbonyl (C=O) groups is 1. The van der Waals surface area contributed by atoms with E-state index >= 15 is 0 Å². The van der Waals surface area contributed by atoms with Crippen molar-refractivity contribution >= 4 is 23.5 Å². The number of halogens is 2. The molecule has 2 heterocycles. The van der Waals surface area contributed by atoms with Crippen molar-refractivity contribution in [3.05, 3.63) is 89.0 Å². The summed E-state index contributed by atoms with van der Waals surface area (Å²) >= 11 is 0. The van der Waals surface area contributed by atoms with E-state index in [0.717, 1.165) is 17.0 Å². The molecule has 0 aromatic heterocycles. The van der Waals surface area contributed by atoms with Crippen molar-refractivity contribution in [1.82, 2.24) is 0 Å². The molecule has 1 atom stereocenters. The van der Waals surface area contributed by atoms with Crippen LogP contribution < -0.4 is 9.64 Å². The van der Waals surface area contributed by atoms with Crippen LogP contribution >= 0.6 is 0 Å². The number of aliphatic hydroxyl groups is 1. The first-order chi connectivity index (χ1) is 14.0. The minimum atomic E-state index is -1.98. The third-order valence-corrected chi connectivity index (χ3v) is 5.07. The molecule has 7 heteroatoms. The summed E-state index contributed by atoms with van der Waals surface area (Å²) < 4.78 is 33.3. The average Bonchev–Trinajstić information content (AvgIpc) is 2.95. The monoisotopic (exact) mass is 392 g/mol. The van der Waals surface area contributed by atoms with Gasteiger partial charge in [-0.1, -0.05) is 18.2 Å². The number of anilines is 1. The Labute approximate surface area is 164 Å². The molecule has 0 aliphatic carbocycles. The maximum atomic E-state index is 13.9. The first-order valence-electron chi connectivity index (χ1n) is 8.91. The maximum absolute atomic E-state index is 13.9. The van der Waals surface area contributed by atoms with Crippen LogP contribution in [0, 0.1) is 11.6 Å². The highest BCUT2D eigenvalue weighted by molar-refractivity contribution is 6.12. The zero-order valence-corrected chi connectivity index (χ0v) is 15.0. The van der Waals surface area contributed by atoms with E-state index in [0.29, 0.717) is 35.2 Å². The molecule has 5 nitrogen and oxygen atoms in total. The molecule has 0 bridgehead atoms. The summed E-state index contributed by atoms with van der Waals surface area (Å²) in [6.45, 7) is 0.340. The van der Waals surface area contributed by atoms with E-state index in [1.54, 1.807) is 48.7 Å². The number of benzene rings is 3. The zero-order chi connectivity index (χ0) is 20.2. The first kappa shape index (κ1) is 17.5. The Morgan fingerprint density at radius 3 is 2.59 bits per heavy atom. The second-order valence-electron chi connectivity index (χ2n) is 6.79. The number of hydrogen-bond donors (Lipinski definition) is 1. The van der Waals surface area contributed by atoms with Gasteiger partial charge in [-0.05, 0) is 36.4 Å². The molecule has 2 aliphatic heterocycles. The summed E-state index contributed by atoms with van der Waals surface area (Å²) in [5.41, 5.74) is -0.696. The predicted octanol–water partition coefficient (Wildman–Crippen LogP) is 3.91. The van der Waals surface area contributed by atoms with Gasteiger partial charge >= 0.3 is 0 Å². The second kappa shape index (κ2) is 6.22. The minimum absolute atomic E-state index is 0.0938. The molecule has 0 saturated carbocycles. The molecule has 5 rings (SSSR count). The van der Waals surface area contributed by atoms with E-state index in [1.165, 1.54) is 0 Å². The Morgan fingerprint density at radius 2 is 1.79 bits per heavy atom. The fraction of sp³-hybridized carbons (Fsp3) is 0.0909. The van der Waals surface area contributed by atoms with Crippen LogP contribution in [0.25, 0.3) is 0 Å². The lowest BCUT2D eigenvalue weighted by Gasteiger charge is -2.35. The third kappa shape index (κ3) is 2.55. The van der Waals surface area contributed by atoms with Crippen molar-refractivity contribution in [3.63, 3.8) is 0 Å². The number of fused-ring (bicyclic) bond motifs is 2. The lowest BCUT2D eigenvalue weighted by molar-refractivity contribution is 0.0703. The van der Waals surface area contributed by atoms with Crippen molar-refractivity contribution in [2.45, 2.75) is 5.72 Å². The Bertz CT molecular complexity index is 1170. The molecule has 0 radical (unpaired) electrons. The van der Waals surface area contributed by atoms with Crippen LogP contribution in [0.4, 0.5) is 20.2 Å². The summed E-state index contributed by atoms with van der Waals surface area (Å²) in [5.74, 6) is -1.73. The lowest BCUT2D eigenvalue weighted by atomic mass is 9.93. The van der Waals surface area contributed by atoms with Crippen LogP contribution in [0.5, 0.6) is 5.75 Å². The molecule has 2 aliphatic rings. The number of aliphatic imine (C=N–C) groups is 1. The standard InChI is InChI=1S/C22H14F2N2O3/c23-14-10-15(24)12-16(11-14)26-21(27)17-3-1-2-4-18(17)22(26,28)13-5-6-20-19(9-13)25-7-8-29-20/h1-7,9-12,28H,8H2. The molecule has 1 N–H and O–H groups in total. The van der Waals surface area contributed by atoms with Gasteiger partial charge in [-0.25, -0.2) is 8.78 Å². The second-order valence-corrected chi connectivity index (χ2v) is 6.79. The van der Waals surface area contributed by atoms with Gasteiger partial charge in [0, 0.05) is 29.0 Å².